The van der Waals surface area contributed by atoms with E-state index in [4.69, 9.17) is 0 Å². The number of benzene rings is 1. The highest BCUT2D eigenvalue weighted by Crippen LogP contribution is 2.23. The van der Waals surface area contributed by atoms with Crippen molar-refractivity contribution < 1.29 is 0 Å². The van der Waals surface area contributed by atoms with E-state index in [2.05, 4.69) is 65.1 Å². The molecule has 18 heavy (non-hydrogen) atoms. The molecule has 0 heterocycles. The van der Waals surface area contributed by atoms with Gasteiger partial charge in [0.2, 0.25) is 0 Å². The highest BCUT2D eigenvalue weighted by Gasteiger charge is 2.18. The zero-order valence-electron chi connectivity index (χ0n) is 12.9. The molecule has 1 heteroatoms. The quantitative estimate of drug-likeness (QED) is 0.792. The Morgan fingerprint density at radius 3 is 2.44 bits per heavy atom. The number of hydrogen-bond acceptors (Lipinski definition) is 1. The normalized spacial score (nSPS) is 12.2. The Balaban J connectivity index is 2.55. The largest absolute Gasteiger partial charge is 0.314 e. The van der Waals surface area contributed by atoms with Crippen molar-refractivity contribution in [3.05, 3.63) is 34.9 Å². The average Bonchev–Trinajstić information content (AvgIpc) is 2.28. The Kier molecular flexibility index (Phi) is 5.40. The van der Waals surface area contributed by atoms with Gasteiger partial charge in [-0.15, -0.1) is 0 Å². The van der Waals surface area contributed by atoms with Crippen molar-refractivity contribution in [3.8, 4) is 0 Å². The monoisotopic (exact) mass is 247 g/mol. The van der Waals surface area contributed by atoms with E-state index < -0.39 is 0 Å². The highest BCUT2D eigenvalue weighted by atomic mass is 14.9. The Labute approximate surface area is 113 Å². The van der Waals surface area contributed by atoms with E-state index in [-0.39, 0.29) is 0 Å². The van der Waals surface area contributed by atoms with E-state index in [9.17, 15) is 0 Å². The second-order valence-electron chi connectivity index (χ2n) is 6.63. The first-order valence-electron chi connectivity index (χ1n) is 7.10. The molecular formula is C17H29N. The summed E-state index contributed by atoms with van der Waals surface area (Å²) in [5.41, 5.74) is 4.66. The third-order valence-corrected chi connectivity index (χ3v) is 3.56. The van der Waals surface area contributed by atoms with Gasteiger partial charge >= 0.3 is 0 Å². The van der Waals surface area contributed by atoms with Crippen molar-refractivity contribution in [3.63, 3.8) is 0 Å². The molecule has 1 nitrogen and oxygen atoms in total. The zero-order chi connectivity index (χ0) is 13.8. The van der Waals surface area contributed by atoms with Gasteiger partial charge in [0.25, 0.3) is 0 Å². The predicted octanol–water partition coefficient (Wildman–Crippen LogP) is 4.26. The maximum absolute atomic E-state index is 3.55. The molecule has 0 saturated heterocycles. The average molecular weight is 247 g/mol. The molecule has 1 N–H and O–H groups in total. The number of hydrogen-bond donors (Lipinski definition) is 1. The zero-order valence-corrected chi connectivity index (χ0v) is 12.9. The van der Waals surface area contributed by atoms with Crippen LogP contribution in [0, 0.1) is 19.3 Å². The molecule has 0 radical (unpaired) electrons. The maximum atomic E-state index is 3.55. The van der Waals surface area contributed by atoms with Crippen LogP contribution in [-0.2, 0) is 6.42 Å². The number of aryl methyl sites for hydroxylation is 3. The summed E-state index contributed by atoms with van der Waals surface area (Å²) in [4.78, 5) is 0. The summed E-state index contributed by atoms with van der Waals surface area (Å²) >= 11 is 0. The summed E-state index contributed by atoms with van der Waals surface area (Å²) in [7, 11) is 0. The molecule has 1 aromatic rings. The van der Waals surface area contributed by atoms with Crippen LogP contribution >= 0.6 is 0 Å². The van der Waals surface area contributed by atoms with Crippen LogP contribution < -0.4 is 5.32 Å². The Bertz CT molecular complexity index is 377. The smallest absolute Gasteiger partial charge is 0.00106 e. The van der Waals surface area contributed by atoms with Gasteiger partial charge in [0.15, 0.2) is 0 Å². The second kappa shape index (κ2) is 6.38. The van der Waals surface area contributed by atoms with Crippen LogP contribution in [0.25, 0.3) is 0 Å². The molecule has 1 aromatic carbocycles. The second-order valence-corrected chi connectivity index (χ2v) is 6.63. The molecule has 0 aromatic heterocycles. The fourth-order valence-electron chi connectivity index (χ4n) is 2.11. The van der Waals surface area contributed by atoms with Crippen molar-refractivity contribution in [1.29, 1.82) is 0 Å². The molecule has 102 valence electrons. The molecule has 0 aliphatic rings. The Morgan fingerprint density at radius 1 is 1.17 bits per heavy atom. The van der Waals surface area contributed by atoms with E-state index in [1.165, 1.54) is 29.5 Å². The minimum Gasteiger partial charge on any atom is -0.314 e. The van der Waals surface area contributed by atoms with Crippen LogP contribution in [0.2, 0.25) is 0 Å². The molecule has 0 spiro atoms. The van der Waals surface area contributed by atoms with E-state index in [0.717, 1.165) is 6.54 Å². The van der Waals surface area contributed by atoms with Crippen LogP contribution in [0.3, 0.4) is 0 Å². The van der Waals surface area contributed by atoms with Gasteiger partial charge in [-0.25, -0.2) is 0 Å². The molecule has 0 aliphatic carbocycles. The van der Waals surface area contributed by atoms with E-state index in [1.807, 2.05) is 0 Å². The third kappa shape index (κ3) is 5.22. The van der Waals surface area contributed by atoms with Gasteiger partial charge in [-0.1, -0.05) is 51.5 Å². The van der Waals surface area contributed by atoms with Crippen molar-refractivity contribution in [2.45, 2.75) is 60.4 Å². The van der Waals surface area contributed by atoms with Crippen LogP contribution in [0.15, 0.2) is 18.2 Å². The Hall–Kier alpha value is -0.820. The SMILES string of the molecule is Cc1ccc(C)c(CCC(C)(C)CNC(C)C)c1. The first-order chi connectivity index (χ1) is 8.30. The molecule has 0 saturated carbocycles. The summed E-state index contributed by atoms with van der Waals surface area (Å²) in [6.07, 6.45) is 2.41. The molecule has 0 aliphatic heterocycles. The van der Waals surface area contributed by atoms with Crippen LogP contribution in [0.4, 0.5) is 0 Å². The summed E-state index contributed by atoms with van der Waals surface area (Å²) < 4.78 is 0. The lowest BCUT2D eigenvalue weighted by Gasteiger charge is -2.26. The predicted molar refractivity (Wildman–Crippen MR) is 81.2 cm³/mol. The van der Waals surface area contributed by atoms with E-state index in [1.54, 1.807) is 0 Å². The number of rotatable bonds is 6. The third-order valence-electron chi connectivity index (χ3n) is 3.56. The van der Waals surface area contributed by atoms with Crippen molar-refractivity contribution in [2.75, 3.05) is 6.54 Å². The lowest BCUT2D eigenvalue weighted by Crippen LogP contribution is -2.34. The Morgan fingerprint density at radius 2 is 1.83 bits per heavy atom. The van der Waals surface area contributed by atoms with Crippen LogP contribution in [0.5, 0.6) is 0 Å². The minimum absolute atomic E-state index is 0.362. The first kappa shape index (κ1) is 15.2. The molecule has 0 unspecified atom stereocenters. The van der Waals surface area contributed by atoms with Gasteiger partial charge in [0.05, 0.1) is 0 Å². The van der Waals surface area contributed by atoms with Gasteiger partial charge in [0, 0.05) is 12.6 Å². The van der Waals surface area contributed by atoms with Gasteiger partial charge < -0.3 is 5.32 Å². The molecule has 0 bridgehead atoms. The lowest BCUT2D eigenvalue weighted by molar-refractivity contribution is 0.304. The summed E-state index contributed by atoms with van der Waals surface area (Å²) in [5.74, 6) is 0. The minimum atomic E-state index is 0.362. The molecule has 0 fully saturated rings. The van der Waals surface area contributed by atoms with Gasteiger partial charge in [-0.3, -0.25) is 0 Å². The van der Waals surface area contributed by atoms with E-state index in [0.29, 0.717) is 11.5 Å². The molecule has 0 atom stereocenters. The van der Waals surface area contributed by atoms with Crippen LogP contribution in [-0.4, -0.2) is 12.6 Å². The van der Waals surface area contributed by atoms with Crippen molar-refractivity contribution in [1.82, 2.24) is 5.32 Å². The lowest BCUT2D eigenvalue weighted by atomic mass is 9.85. The summed E-state index contributed by atoms with van der Waals surface area (Å²) in [5, 5.41) is 3.55. The van der Waals surface area contributed by atoms with Gasteiger partial charge in [-0.2, -0.15) is 0 Å². The topological polar surface area (TPSA) is 12.0 Å². The molecular weight excluding hydrogens is 218 g/mol. The fourth-order valence-corrected chi connectivity index (χ4v) is 2.11. The summed E-state index contributed by atoms with van der Waals surface area (Å²) in [6.45, 7) is 14.6. The van der Waals surface area contributed by atoms with Crippen molar-refractivity contribution in [2.24, 2.45) is 5.41 Å². The fraction of sp³-hybridized carbons (Fsp3) is 0.647. The summed E-state index contributed by atoms with van der Waals surface area (Å²) in [6, 6.07) is 7.35. The standard InChI is InChI=1S/C17H29N/c1-13(2)18-12-17(5,6)10-9-16-11-14(3)7-8-15(16)4/h7-8,11,13,18H,9-10,12H2,1-6H3. The van der Waals surface area contributed by atoms with Gasteiger partial charge in [-0.05, 0) is 43.2 Å². The molecule has 1 rings (SSSR count). The van der Waals surface area contributed by atoms with Crippen LogP contribution in [0.1, 0.15) is 50.8 Å². The highest BCUT2D eigenvalue weighted by molar-refractivity contribution is 5.30. The number of nitrogens with one attached hydrogen (secondary N) is 1. The first-order valence-corrected chi connectivity index (χ1v) is 7.10. The van der Waals surface area contributed by atoms with Gasteiger partial charge in [0.1, 0.15) is 0 Å². The van der Waals surface area contributed by atoms with E-state index >= 15 is 0 Å². The maximum Gasteiger partial charge on any atom is 0.00106 e. The molecule has 0 amide bonds. The van der Waals surface area contributed by atoms with Crippen molar-refractivity contribution >= 4 is 0 Å².